The first kappa shape index (κ1) is 15.2. The SMILES string of the molecule is CCNCc1sc(-c2cccc(C)c2)nc1CC(C)C. The van der Waals surface area contributed by atoms with Gasteiger partial charge in [0.15, 0.2) is 0 Å². The molecule has 0 spiro atoms. The van der Waals surface area contributed by atoms with Crippen LogP contribution in [0.5, 0.6) is 0 Å². The Morgan fingerprint density at radius 1 is 1.30 bits per heavy atom. The molecular formula is C17H24N2S. The molecule has 1 aromatic heterocycles. The molecule has 0 aliphatic heterocycles. The summed E-state index contributed by atoms with van der Waals surface area (Å²) in [7, 11) is 0. The van der Waals surface area contributed by atoms with Gasteiger partial charge in [0.1, 0.15) is 5.01 Å². The van der Waals surface area contributed by atoms with Crippen LogP contribution in [0.2, 0.25) is 0 Å². The summed E-state index contributed by atoms with van der Waals surface area (Å²) >= 11 is 1.83. The summed E-state index contributed by atoms with van der Waals surface area (Å²) < 4.78 is 0. The number of aryl methyl sites for hydroxylation is 1. The smallest absolute Gasteiger partial charge is 0.123 e. The van der Waals surface area contributed by atoms with Gasteiger partial charge in [-0.2, -0.15) is 0 Å². The van der Waals surface area contributed by atoms with E-state index in [0.717, 1.165) is 24.5 Å². The van der Waals surface area contributed by atoms with Gasteiger partial charge >= 0.3 is 0 Å². The Morgan fingerprint density at radius 3 is 2.75 bits per heavy atom. The molecule has 2 aromatic rings. The summed E-state index contributed by atoms with van der Waals surface area (Å²) in [6.45, 7) is 10.7. The number of hydrogen-bond acceptors (Lipinski definition) is 3. The van der Waals surface area contributed by atoms with Crippen molar-refractivity contribution in [3.8, 4) is 10.6 Å². The van der Waals surface area contributed by atoms with Crippen molar-refractivity contribution in [2.24, 2.45) is 5.92 Å². The molecule has 0 bridgehead atoms. The monoisotopic (exact) mass is 288 g/mol. The zero-order chi connectivity index (χ0) is 14.5. The van der Waals surface area contributed by atoms with Gasteiger partial charge in [-0.05, 0) is 31.9 Å². The second kappa shape index (κ2) is 7.00. The van der Waals surface area contributed by atoms with Crippen LogP contribution in [0, 0.1) is 12.8 Å². The van der Waals surface area contributed by atoms with E-state index in [0.29, 0.717) is 5.92 Å². The second-order valence-electron chi connectivity index (χ2n) is 5.64. The Kier molecular flexibility index (Phi) is 5.32. The molecule has 0 unspecified atom stereocenters. The predicted molar refractivity (Wildman–Crippen MR) is 88.2 cm³/mol. The first-order valence-electron chi connectivity index (χ1n) is 7.36. The molecule has 0 fully saturated rings. The molecule has 20 heavy (non-hydrogen) atoms. The van der Waals surface area contributed by atoms with Gasteiger partial charge in [-0.3, -0.25) is 0 Å². The number of thiazole rings is 1. The molecular weight excluding hydrogens is 264 g/mol. The summed E-state index contributed by atoms with van der Waals surface area (Å²) in [6.07, 6.45) is 1.06. The standard InChI is InChI=1S/C17H24N2S/c1-5-18-11-16-15(9-12(2)3)19-17(20-16)14-8-6-7-13(4)10-14/h6-8,10,12,18H,5,9,11H2,1-4H3. The van der Waals surface area contributed by atoms with Crippen molar-refractivity contribution in [1.82, 2.24) is 10.3 Å². The molecule has 0 saturated carbocycles. The summed E-state index contributed by atoms with van der Waals surface area (Å²) in [5.74, 6) is 0.642. The lowest BCUT2D eigenvalue weighted by Crippen LogP contribution is -2.12. The maximum absolute atomic E-state index is 4.89. The summed E-state index contributed by atoms with van der Waals surface area (Å²) in [4.78, 5) is 6.28. The summed E-state index contributed by atoms with van der Waals surface area (Å²) in [6, 6.07) is 8.61. The Bertz CT molecular complexity index is 558. The van der Waals surface area contributed by atoms with Crippen LogP contribution in [-0.4, -0.2) is 11.5 Å². The van der Waals surface area contributed by atoms with Crippen molar-refractivity contribution in [3.05, 3.63) is 40.4 Å². The van der Waals surface area contributed by atoms with E-state index in [-0.39, 0.29) is 0 Å². The fourth-order valence-electron chi connectivity index (χ4n) is 2.21. The molecule has 1 heterocycles. The van der Waals surface area contributed by atoms with Gasteiger partial charge in [0.2, 0.25) is 0 Å². The molecule has 0 radical (unpaired) electrons. The summed E-state index contributed by atoms with van der Waals surface area (Å²) in [5.41, 5.74) is 3.79. The molecule has 0 atom stereocenters. The first-order chi connectivity index (χ1) is 9.60. The van der Waals surface area contributed by atoms with Crippen molar-refractivity contribution in [3.63, 3.8) is 0 Å². The number of nitrogens with zero attached hydrogens (tertiary/aromatic N) is 1. The minimum absolute atomic E-state index is 0.642. The zero-order valence-electron chi connectivity index (χ0n) is 12.9. The molecule has 108 valence electrons. The Labute approximate surface area is 126 Å². The van der Waals surface area contributed by atoms with E-state index in [4.69, 9.17) is 4.98 Å². The molecule has 3 heteroatoms. The van der Waals surface area contributed by atoms with Crippen LogP contribution in [-0.2, 0) is 13.0 Å². The van der Waals surface area contributed by atoms with Gasteiger partial charge in [-0.15, -0.1) is 11.3 Å². The van der Waals surface area contributed by atoms with Gasteiger partial charge < -0.3 is 5.32 Å². The van der Waals surface area contributed by atoms with Crippen LogP contribution in [0.15, 0.2) is 24.3 Å². The molecule has 1 aromatic carbocycles. The van der Waals surface area contributed by atoms with Gasteiger partial charge in [0, 0.05) is 17.0 Å². The maximum Gasteiger partial charge on any atom is 0.123 e. The van der Waals surface area contributed by atoms with Crippen molar-refractivity contribution in [2.45, 2.75) is 40.7 Å². The quantitative estimate of drug-likeness (QED) is 0.850. The van der Waals surface area contributed by atoms with Crippen molar-refractivity contribution in [2.75, 3.05) is 6.54 Å². The van der Waals surface area contributed by atoms with Gasteiger partial charge in [-0.1, -0.05) is 44.5 Å². The van der Waals surface area contributed by atoms with Crippen LogP contribution in [0.4, 0.5) is 0 Å². The van der Waals surface area contributed by atoms with Crippen LogP contribution >= 0.6 is 11.3 Å². The van der Waals surface area contributed by atoms with E-state index in [1.54, 1.807) is 0 Å². The van der Waals surface area contributed by atoms with E-state index < -0.39 is 0 Å². The highest BCUT2D eigenvalue weighted by molar-refractivity contribution is 7.15. The minimum atomic E-state index is 0.642. The number of benzene rings is 1. The van der Waals surface area contributed by atoms with E-state index in [1.165, 1.54) is 21.7 Å². The zero-order valence-corrected chi connectivity index (χ0v) is 13.7. The number of aromatic nitrogens is 1. The third kappa shape index (κ3) is 3.90. The normalized spacial score (nSPS) is 11.2. The van der Waals surface area contributed by atoms with Crippen molar-refractivity contribution in [1.29, 1.82) is 0 Å². The Balaban J connectivity index is 2.32. The van der Waals surface area contributed by atoms with Gasteiger partial charge in [-0.25, -0.2) is 4.98 Å². The van der Waals surface area contributed by atoms with E-state index in [2.05, 4.69) is 57.3 Å². The topological polar surface area (TPSA) is 24.9 Å². The average Bonchev–Trinajstić information content (AvgIpc) is 2.78. The Morgan fingerprint density at radius 2 is 2.10 bits per heavy atom. The van der Waals surface area contributed by atoms with E-state index >= 15 is 0 Å². The third-order valence-corrected chi connectivity index (χ3v) is 4.33. The van der Waals surface area contributed by atoms with Crippen LogP contribution in [0.25, 0.3) is 10.6 Å². The molecule has 0 aliphatic carbocycles. The molecule has 2 nitrogen and oxygen atoms in total. The van der Waals surface area contributed by atoms with E-state index in [9.17, 15) is 0 Å². The third-order valence-electron chi connectivity index (χ3n) is 3.18. The molecule has 2 rings (SSSR count). The molecule has 0 amide bonds. The average molecular weight is 288 g/mol. The molecule has 1 N–H and O–H groups in total. The number of nitrogens with one attached hydrogen (secondary N) is 1. The molecule has 0 aliphatic rings. The van der Waals surface area contributed by atoms with E-state index in [1.807, 2.05) is 11.3 Å². The highest BCUT2D eigenvalue weighted by Crippen LogP contribution is 2.30. The van der Waals surface area contributed by atoms with Crippen LogP contribution in [0.3, 0.4) is 0 Å². The van der Waals surface area contributed by atoms with Crippen LogP contribution < -0.4 is 5.32 Å². The maximum atomic E-state index is 4.89. The van der Waals surface area contributed by atoms with Crippen molar-refractivity contribution < 1.29 is 0 Å². The second-order valence-corrected chi connectivity index (χ2v) is 6.72. The lowest BCUT2D eigenvalue weighted by Gasteiger charge is -2.04. The predicted octanol–water partition coefficient (Wildman–Crippen LogP) is 4.43. The highest BCUT2D eigenvalue weighted by Gasteiger charge is 2.13. The van der Waals surface area contributed by atoms with Gasteiger partial charge in [0.25, 0.3) is 0 Å². The fourth-order valence-corrected chi connectivity index (χ4v) is 3.26. The number of hydrogen-bond donors (Lipinski definition) is 1. The molecule has 0 saturated heterocycles. The van der Waals surface area contributed by atoms with Crippen molar-refractivity contribution >= 4 is 11.3 Å². The highest BCUT2D eigenvalue weighted by atomic mass is 32.1. The fraction of sp³-hybridized carbons (Fsp3) is 0.471. The Hall–Kier alpha value is -1.19. The number of rotatable bonds is 6. The largest absolute Gasteiger partial charge is 0.312 e. The van der Waals surface area contributed by atoms with Gasteiger partial charge in [0.05, 0.1) is 5.69 Å². The summed E-state index contributed by atoms with van der Waals surface area (Å²) in [5, 5.41) is 4.58. The van der Waals surface area contributed by atoms with Crippen LogP contribution in [0.1, 0.15) is 36.9 Å². The first-order valence-corrected chi connectivity index (χ1v) is 8.18. The lowest BCUT2D eigenvalue weighted by atomic mass is 10.1. The minimum Gasteiger partial charge on any atom is -0.312 e. The lowest BCUT2D eigenvalue weighted by molar-refractivity contribution is 0.628.